The van der Waals surface area contributed by atoms with Crippen molar-refractivity contribution >= 4 is 23.8 Å². The average Bonchev–Trinajstić information content (AvgIpc) is 3.02. The van der Waals surface area contributed by atoms with Crippen LogP contribution in [0.4, 0.5) is 0 Å². The number of methoxy groups -OCH3 is 1. The van der Waals surface area contributed by atoms with E-state index >= 15 is 0 Å². The maximum atomic E-state index is 12.7. The molecule has 0 spiro atoms. The Hall–Kier alpha value is -3.61. The predicted octanol–water partition coefficient (Wildman–Crippen LogP) is 4.12. The first-order chi connectivity index (χ1) is 14.6. The zero-order chi connectivity index (χ0) is 22.8. The highest BCUT2D eigenvalue weighted by Gasteiger charge is 2.30. The van der Waals surface area contributed by atoms with Crippen LogP contribution in [0, 0.1) is 6.92 Å². The quantitative estimate of drug-likeness (QED) is 0.527. The van der Waals surface area contributed by atoms with E-state index < -0.39 is 17.5 Å². The van der Waals surface area contributed by atoms with Gasteiger partial charge in [0.05, 0.1) is 18.2 Å². The van der Waals surface area contributed by atoms with E-state index in [1.165, 1.54) is 7.11 Å². The van der Waals surface area contributed by atoms with Crippen LogP contribution in [-0.2, 0) is 14.3 Å². The second-order valence-corrected chi connectivity index (χ2v) is 7.99. The van der Waals surface area contributed by atoms with Gasteiger partial charge in [0.15, 0.2) is 12.4 Å². The summed E-state index contributed by atoms with van der Waals surface area (Å²) in [5, 5.41) is 0. The molecule has 0 fully saturated rings. The number of ether oxygens (including phenoxy) is 4. The smallest absolute Gasteiger partial charge is 0.344 e. The molecule has 2 aromatic carbocycles. The Morgan fingerprint density at radius 2 is 1.74 bits per heavy atom. The van der Waals surface area contributed by atoms with Crippen molar-refractivity contribution < 1.29 is 33.3 Å². The van der Waals surface area contributed by atoms with Crippen LogP contribution in [0.15, 0.2) is 42.2 Å². The fourth-order valence-electron chi connectivity index (χ4n) is 3.02. The van der Waals surface area contributed by atoms with E-state index in [1.54, 1.807) is 70.2 Å². The SMILES string of the molecule is COC(=O)c1ccc(/C=C2\Oc3c(ccc(OCC(=O)OC(C)(C)C)c3C)C2=O)cc1. The Balaban J connectivity index is 1.76. The monoisotopic (exact) mass is 424 g/mol. The van der Waals surface area contributed by atoms with Crippen LogP contribution in [0.1, 0.15) is 52.6 Å². The third-order valence-electron chi connectivity index (χ3n) is 4.43. The molecule has 0 atom stereocenters. The van der Waals surface area contributed by atoms with Crippen LogP contribution in [-0.4, -0.2) is 37.0 Å². The first kappa shape index (κ1) is 22.1. The molecule has 1 aliphatic heterocycles. The summed E-state index contributed by atoms with van der Waals surface area (Å²) >= 11 is 0. The molecule has 7 heteroatoms. The second kappa shape index (κ2) is 8.63. The average molecular weight is 424 g/mol. The Bertz CT molecular complexity index is 1060. The molecular weight excluding hydrogens is 400 g/mol. The van der Waals surface area contributed by atoms with Gasteiger partial charge in [0.1, 0.15) is 17.1 Å². The van der Waals surface area contributed by atoms with Crippen molar-refractivity contribution in [1.82, 2.24) is 0 Å². The van der Waals surface area contributed by atoms with Crippen molar-refractivity contribution in [1.29, 1.82) is 0 Å². The van der Waals surface area contributed by atoms with E-state index in [0.29, 0.717) is 33.8 Å². The van der Waals surface area contributed by atoms with Gasteiger partial charge in [0.25, 0.3) is 0 Å². The third kappa shape index (κ3) is 5.12. The molecular formula is C24H24O7. The van der Waals surface area contributed by atoms with Crippen LogP contribution in [0.5, 0.6) is 11.5 Å². The lowest BCUT2D eigenvalue weighted by molar-refractivity contribution is -0.157. The summed E-state index contributed by atoms with van der Waals surface area (Å²) in [6, 6.07) is 9.85. The lowest BCUT2D eigenvalue weighted by Crippen LogP contribution is -2.27. The van der Waals surface area contributed by atoms with Gasteiger partial charge in [0.2, 0.25) is 5.78 Å². The molecule has 0 N–H and O–H groups in total. The maximum Gasteiger partial charge on any atom is 0.344 e. The van der Waals surface area contributed by atoms with E-state index in [2.05, 4.69) is 4.74 Å². The third-order valence-corrected chi connectivity index (χ3v) is 4.43. The normalized spacial score (nSPS) is 14.1. The minimum Gasteiger partial charge on any atom is -0.481 e. The summed E-state index contributed by atoms with van der Waals surface area (Å²) < 4.78 is 21.3. The molecule has 31 heavy (non-hydrogen) atoms. The first-order valence-electron chi connectivity index (χ1n) is 9.70. The summed E-state index contributed by atoms with van der Waals surface area (Å²) in [6.07, 6.45) is 1.60. The van der Waals surface area contributed by atoms with Crippen LogP contribution in [0.3, 0.4) is 0 Å². The molecule has 0 unspecified atom stereocenters. The minimum absolute atomic E-state index is 0.160. The number of hydrogen-bond acceptors (Lipinski definition) is 7. The van der Waals surface area contributed by atoms with Crippen molar-refractivity contribution in [3.8, 4) is 11.5 Å². The molecule has 2 aromatic rings. The molecule has 0 radical (unpaired) electrons. The molecule has 0 saturated carbocycles. The Morgan fingerprint density at radius 1 is 1.06 bits per heavy atom. The number of Topliss-reactive ketones (excluding diaryl/α,β-unsaturated/α-hetero) is 1. The molecule has 0 aliphatic carbocycles. The number of fused-ring (bicyclic) bond motifs is 1. The van der Waals surface area contributed by atoms with Crippen molar-refractivity contribution in [2.24, 2.45) is 0 Å². The highest BCUT2D eigenvalue weighted by atomic mass is 16.6. The molecule has 0 saturated heterocycles. The van der Waals surface area contributed by atoms with Gasteiger partial charge in [-0.15, -0.1) is 0 Å². The van der Waals surface area contributed by atoms with Gasteiger partial charge < -0.3 is 18.9 Å². The van der Waals surface area contributed by atoms with E-state index in [9.17, 15) is 14.4 Å². The number of hydrogen-bond donors (Lipinski definition) is 0. The Morgan fingerprint density at radius 3 is 2.35 bits per heavy atom. The number of esters is 2. The van der Waals surface area contributed by atoms with E-state index in [-0.39, 0.29) is 18.1 Å². The van der Waals surface area contributed by atoms with Crippen LogP contribution >= 0.6 is 0 Å². The van der Waals surface area contributed by atoms with Crippen LogP contribution in [0.25, 0.3) is 6.08 Å². The van der Waals surface area contributed by atoms with Crippen molar-refractivity contribution in [2.75, 3.05) is 13.7 Å². The van der Waals surface area contributed by atoms with E-state index in [1.807, 2.05) is 0 Å². The van der Waals surface area contributed by atoms with Gasteiger partial charge in [0, 0.05) is 5.56 Å². The lowest BCUT2D eigenvalue weighted by Gasteiger charge is -2.19. The molecule has 3 rings (SSSR count). The van der Waals surface area contributed by atoms with Gasteiger partial charge in [-0.2, -0.15) is 0 Å². The van der Waals surface area contributed by atoms with Gasteiger partial charge in [-0.1, -0.05) is 12.1 Å². The minimum atomic E-state index is -0.600. The number of allylic oxidation sites excluding steroid dienone is 1. The summed E-state index contributed by atoms with van der Waals surface area (Å²) in [6.45, 7) is 6.84. The van der Waals surface area contributed by atoms with E-state index in [0.717, 1.165) is 0 Å². The summed E-state index contributed by atoms with van der Waals surface area (Å²) in [5.74, 6) is -0.193. The van der Waals surface area contributed by atoms with Gasteiger partial charge >= 0.3 is 11.9 Å². The lowest BCUT2D eigenvalue weighted by atomic mass is 10.1. The number of carbonyl (C=O) groups is 3. The van der Waals surface area contributed by atoms with Gasteiger partial charge in [-0.25, -0.2) is 9.59 Å². The molecule has 7 nitrogen and oxygen atoms in total. The number of carbonyl (C=O) groups excluding carboxylic acids is 3. The van der Waals surface area contributed by atoms with E-state index in [4.69, 9.17) is 14.2 Å². The Kier molecular flexibility index (Phi) is 6.15. The highest BCUT2D eigenvalue weighted by molar-refractivity contribution is 6.15. The molecule has 162 valence electrons. The molecule has 0 amide bonds. The topological polar surface area (TPSA) is 88.1 Å². The molecule has 1 heterocycles. The summed E-state index contributed by atoms with van der Waals surface area (Å²) in [4.78, 5) is 36.2. The van der Waals surface area contributed by atoms with Crippen LogP contribution < -0.4 is 9.47 Å². The van der Waals surface area contributed by atoms with Crippen molar-refractivity contribution in [3.63, 3.8) is 0 Å². The Labute approximate surface area is 180 Å². The van der Waals surface area contributed by atoms with Crippen LogP contribution in [0.2, 0.25) is 0 Å². The predicted molar refractivity (Wildman–Crippen MR) is 113 cm³/mol. The zero-order valence-electron chi connectivity index (χ0n) is 18.1. The highest BCUT2D eigenvalue weighted by Crippen LogP contribution is 2.39. The van der Waals surface area contributed by atoms with Crippen molar-refractivity contribution in [2.45, 2.75) is 33.3 Å². The summed E-state index contributed by atoms with van der Waals surface area (Å²) in [7, 11) is 1.31. The fourth-order valence-corrected chi connectivity index (χ4v) is 3.02. The van der Waals surface area contributed by atoms with Crippen molar-refractivity contribution in [3.05, 3.63) is 64.4 Å². The standard InChI is InChI=1S/C24H24O7/c1-14-18(29-13-20(25)31-24(2,3)4)11-10-17-21(26)19(30-22(14)17)12-15-6-8-16(9-7-15)23(27)28-5/h6-12H,13H2,1-5H3/b19-12-. The zero-order valence-corrected chi connectivity index (χ0v) is 18.1. The first-order valence-corrected chi connectivity index (χ1v) is 9.70. The second-order valence-electron chi connectivity index (χ2n) is 7.99. The largest absolute Gasteiger partial charge is 0.481 e. The fraction of sp³-hybridized carbons (Fsp3) is 0.292. The van der Waals surface area contributed by atoms with Gasteiger partial charge in [-0.3, -0.25) is 4.79 Å². The van der Waals surface area contributed by atoms with Gasteiger partial charge in [-0.05, 0) is 63.6 Å². The molecule has 0 bridgehead atoms. The summed E-state index contributed by atoms with van der Waals surface area (Å²) in [5.41, 5.74) is 1.54. The number of ketones is 1. The number of rotatable bonds is 5. The molecule has 0 aromatic heterocycles. The maximum absolute atomic E-state index is 12.7. The molecule has 1 aliphatic rings. The number of benzene rings is 2.